The highest BCUT2D eigenvalue weighted by Gasteiger charge is 2.33. The van der Waals surface area contributed by atoms with Crippen molar-refractivity contribution in [3.63, 3.8) is 0 Å². The van der Waals surface area contributed by atoms with Crippen molar-refractivity contribution in [1.29, 1.82) is 0 Å². The number of carbonyl (C=O) groups is 1. The number of hydrogen-bond donors (Lipinski definition) is 1. The molecule has 138 valence electrons. The van der Waals surface area contributed by atoms with Gasteiger partial charge >= 0.3 is 6.18 Å². The molecule has 1 fully saturated rings. The van der Waals surface area contributed by atoms with Crippen molar-refractivity contribution in [2.45, 2.75) is 12.2 Å². The zero-order chi connectivity index (χ0) is 18.7. The molecule has 1 atom stereocenters. The number of nitrogens with one attached hydrogen (secondary N) is 1. The highest BCUT2D eigenvalue weighted by molar-refractivity contribution is 5.95. The molecule has 1 N–H and O–H groups in total. The largest absolute Gasteiger partial charge is 0.496 e. The lowest BCUT2D eigenvalue weighted by Gasteiger charge is -2.37. The van der Waals surface area contributed by atoms with E-state index in [9.17, 15) is 18.0 Å². The molecule has 0 bridgehead atoms. The van der Waals surface area contributed by atoms with E-state index in [0.717, 1.165) is 17.7 Å². The summed E-state index contributed by atoms with van der Waals surface area (Å²) in [5, 5.41) is 3.23. The molecule has 1 unspecified atom stereocenters. The van der Waals surface area contributed by atoms with E-state index in [0.29, 0.717) is 25.4 Å². The van der Waals surface area contributed by atoms with Crippen LogP contribution in [-0.2, 0) is 6.18 Å². The van der Waals surface area contributed by atoms with Crippen LogP contribution in [0.5, 0.6) is 5.75 Å². The third-order valence-corrected chi connectivity index (χ3v) is 4.44. The number of benzene rings is 2. The van der Waals surface area contributed by atoms with E-state index < -0.39 is 17.6 Å². The number of rotatable bonds is 3. The van der Waals surface area contributed by atoms with Crippen molar-refractivity contribution >= 4 is 5.91 Å². The number of amides is 1. The summed E-state index contributed by atoms with van der Waals surface area (Å²) in [6.07, 6.45) is -4.48. The summed E-state index contributed by atoms with van der Waals surface area (Å²) in [7, 11) is 1.55. The highest BCUT2D eigenvalue weighted by atomic mass is 19.4. The van der Waals surface area contributed by atoms with E-state index in [4.69, 9.17) is 4.74 Å². The Balaban J connectivity index is 1.94. The van der Waals surface area contributed by atoms with Crippen LogP contribution in [0.15, 0.2) is 48.5 Å². The van der Waals surface area contributed by atoms with Crippen LogP contribution in [0.25, 0.3) is 0 Å². The molecular weight excluding hydrogens is 345 g/mol. The minimum absolute atomic E-state index is 0.0293. The SMILES string of the molecule is COc1ccccc1C1CNCCN1C(=O)c1cccc(C(F)(F)F)c1. The van der Waals surface area contributed by atoms with Gasteiger partial charge < -0.3 is 15.0 Å². The maximum atomic E-state index is 13.0. The molecule has 1 aliphatic rings. The number of methoxy groups -OCH3 is 1. The number of alkyl halides is 3. The fourth-order valence-corrected chi connectivity index (χ4v) is 3.16. The lowest BCUT2D eigenvalue weighted by atomic mass is 10.0. The fourth-order valence-electron chi connectivity index (χ4n) is 3.16. The molecule has 0 saturated carbocycles. The second kappa shape index (κ2) is 7.37. The van der Waals surface area contributed by atoms with Gasteiger partial charge in [0, 0.05) is 30.8 Å². The number of hydrogen-bond acceptors (Lipinski definition) is 3. The van der Waals surface area contributed by atoms with Crippen molar-refractivity contribution in [2.24, 2.45) is 0 Å². The van der Waals surface area contributed by atoms with Crippen LogP contribution >= 0.6 is 0 Å². The van der Waals surface area contributed by atoms with E-state index in [1.54, 1.807) is 18.1 Å². The normalized spacial score (nSPS) is 17.8. The van der Waals surface area contributed by atoms with Crippen LogP contribution in [0.1, 0.15) is 27.5 Å². The van der Waals surface area contributed by atoms with E-state index in [1.807, 2.05) is 18.2 Å². The van der Waals surface area contributed by atoms with Gasteiger partial charge in [0.05, 0.1) is 18.7 Å². The molecular formula is C19H19F3N2O2. The van der Waals surface area contributed by atoms with Crippen molar-refractivity contribution in [2.75, 3.05) is 26.7 Å². The predicted octanol–water partition coefficient (Wildman–Crippen LogP) is 3.50. The first-order chi connectivity index (χ1) is 12.4. The Morgan fingerprint density at radius 3 is 2.69 bits per heavy atom. The quantitative estimate of drug-likeness (QED) is 0.906. The Hall–Kier alpha value is -2.54. The summed E-state index contributed by atoms with van der Waals surface area (Å²) in [4.78, 5) is 14.6. The molecule has 4 nitrogen and oxygen atoms in total. The van der Waals surface area contributed by atoms with Gasteiger partial charge in [0.2, 0.25) is 0 Å². The molecule has 26 heavy (non-hydrogen) atoms. The number of para-hydroxylation sites is 1. The molecule has 2 aromatic carbocycles. The average Bonchev–Trinajstić information content (AvgIpc) is 2.67. The van der Waals surface area contributed by atoms with E-state index >= 15 is 0 Å². The van der Waals surface area contributed by atoms with Crippen LogP contribution in [0.4, 0.5) is 13.2 Å². The summed E-state index contributed by atoms with van der Waals surface area (Å²) in [5.74, 6) is 0.219. The first kappa shape index (κ1) is 18.3. The maximum absolute atomic E-state index is 13.0. The Labute approximate surface area is 149 Å². The molecule has 7 heteroatoms. The van der Waals surface area contributed by atoms with Crippen molar-refractivity contribution < 1.29 is 22.7 Å². The van der Waals surface area contributed by atoms with Gasteiger partial charge in [0.15, 0.2) is 0 Å². The van der Waals surface area contributed by atoms with Crippen LogP contribution < -0.4 is 10.1 Å². The van der Waals surface area contributed by atoms with Gasteiger partial charge in [-0.1, -0.05) is 24.3 Å². The number of ether oxygens (including phenoxy) is 1. The second-order valence-electron chi connectivity index (χ2n) is 6.04. The lowest BCUT2D eigenvalue weighted by Crippen LogP contribution is -2.48. The predicted molar refractivity (Wildman–Crippen MR) is 91.1 cm³/mol. The van der Waals surface area contributed by atoms with E-state index in [2.05, 4.69) is 5.32 Å². The lowest BCUT2D eigenvalue weighted by molar-refractivity contribution is -0.137. The standard InChI is InChI=1S/C19H19F3N2O2/c1-26-17-8-3-2-7-15(17)16-12-23-9-10-24(16)18(25)13-5-4-6-14(11-13)19(20,21)22/h2-8,11,16,23H,9-10,12H2,1H3. The molecule has 1 amide bonds. The summed E-state index contributed by atoms with van der Waals surface area (Å²) in [6.45, 7) is 1.49. The minimum atomic E-state index is -4.48. The fraction of sp³-hybridized carbons (Fsp3) is 0.316. The molecule has 1 aliphatic heterocycles. The maximum Gasteiger partial charge on any atom is 0.416 e. The Bertz CT molecular complexity index is 792. The van der Waals surface area contributed by atoms with E-state index in [1.165, 1.54) is 12.1 Å². The molecule has 0 spiro atoms. The van der Waals surface area contributed by atoms with Gasteiger partial charge in [-0.25, -0.2) is 0 Å². The van der Waals surface area contributed by atoms with Crippen LogP contribution in [-0.4, -0.2) is 37.6 Å². The third-order valence-electron chi connectivity index (χ3n) is 4.44. The first-order valence-electron chi connectivity index (χ1n) is 8.23. The van der Waals surface area contributed by atoms with Gasteiger partial charge in [-0.2, -0.15) is 13.2 Å². The molecule has 2 aromatic rings. The topological polar surface area (TPSA) is 41.6 Å². The molecule has 0 aromatic heterocycles. The minimum Gasteiger partial charge on any atom is -0.496 e. The Morgan fingerprint density at radius 1 is 1.19 bits per heavy atom. The molecule has 1 saturated heterocycles. The van der Waals surface area contributed by atoms with Crippen LogP contribution in [0, 0.1) is 0 Å². The van der Waals surface area contributed by atoms with Crippen LogP contribution in [0.3, 0.4) is 0 Å². The average molecular weight is 364 g/mol. The summed E-state index contributed by atoms with van der Waals surface area (Å²) in [6, 6.07) is 11.6. The number of carbonyl (C=O) groups excluding carboxylic acids is 1. The Morgan fingerprint density at radius 2 is 1.96 bits per heavy atom. The molecule has 1 heterocycles. The van der Waals surface area contributed by atoms with Gasteiger partial charge in [-0.15, -0.1) is 0 Å². The van der Waals surface area contributed by atoms with Gasteiger partial charge in [-0.3, -0.25) is 4.79 Å². The zero-order valence-corrected chi connectivity index (χ0v) is 14.2. The number of halogens is 3. The Kier molecular flexibility index (Phi) is 5.18. The smallest absolute Gasteiger partial charge is 0.416 e. The van der Waals surface area contributed by atoms with Crippen molar-refractivity contribution in [1.82, 2.24) is 10.2 Å². The van der Waals surface area contributed by atoms with Crippen LogP contribution in [0.2, 0.25) is 0 Å². The molecule has 0 radical (unpaired) electrons. The number of nitrogens with zero attached hydrogens (tertiary/aromatic N) is 1. The van der Waals surface area contributed by atoms with Gasteiger partial charge in [-0.05, 0) is 24.3 Å². The third kappa shape index (κ3) is 3.67. The number of piperazine rings is 1. The monoisotopic (exact) mass is 364 g/mol. The molecule has 0 aliphatic carbocycles. The summed E-state index contributed by atoms with van der Waals surface area (Å²) in [5.41, 5.74) is 0.0245. The van der Waals surface area contributed by atoms with Crippen molar-refractivity contribution in [3.05, 3.63) is 65.2 Å². The summed E-state index contributed by atoms with van der Waals surface area (Å²) >= 11 is 0. The second-order valence-corrected chi connectivity index (χ2v) is 6.04. The molecule has 3 rings (SSSR count). The van der Waals surface area contributed by atoms with Gasteiger partial charge in [0.1, 0.15) is 5.75 Å². The first-order valence-corrected chi connectivity index (χ1v) is 8.23. The zero-order valence-electron chi connectivity index (χ0n) is 14.2. The highest BCUT2D eigenvalue weighted by Crippen LogP contribution is 2.33. The summed E-state index contributed by atoms with van der Waals surface area (Å²) < 4.78 is 44.3. The van der Waals surface area contributed by atoms with Crippen molar-refractivity contribution in [3.8, 4) is 5.75 Å². The van der Waals surface area contributed by atoms with E-state index in [-0.39, 0.29) is 11.6 Å². The van der Waals surface area contributed by atoms with Gasteiger partial charge in [0.25, 0.3) is 5.91 Å².